The van der Waals surface area contributed by atoms with Crippen molar-refractivity contribution < 1.29 is 46.7 Å². The van der Waals surface area contributed by atoms with E-state index >= 15 is 0 Å². The van der Waals surface area contributed by atoms with E-state index in [9.17, 15) is 0 Å². The van der Waals surface area contributed by atoms with Crippen LogP contribution < -0.4 is 67.5 Å². The number of hydrogen-bond acceptors (Lipinski definition) is 12. The molecule has 14 heteroatoms. The fourth-order valence-electron chi connectivity index (χ4n) is 20.2. The number of unbranched alkanes of at least 4 members (excludes halogenated alkanes) is 14. The predicted octanol–water partition coefficient (Wildman–Crippen LogP) is 23.3. The summed E-state index contributed by atoms with van der Waals surface area (Å²) in [6.07, 6.45) is 25.1. The Labute approximate surface area is 741 Å². The summed E-state index contributed by atoms with van der Waals surface area (Å²) in [5.41, 5.74) is 19.2. The van der Waals surface area contributed by atoms with Gasteiger partial charge in [-0.25, -0.2) is 0 Å². The highest BCUT2D eigenvalue weighted by Gasteiger charge is 2.42. The molecule has 8 bridgehead atoms. The first-order valence-corrected chi connectivity index (χ1v) is 49.8. The average Bonchev–Trinajstić information content (AvgIpc) is 0.711. The van der Waals surface area contributed by atoms with Gasteiger partial charge in [-0.1, -0.05) is 278 Å². The van der Waals surface area contributed by atoms with Gasteiger partial charge in [0.1, 0.15) is 68.6 Å². The molecular formula is C110H124N2O10Si2. The summed E-state index contributed by atoms with van der Waals surface area (Å²) < 4.78 is 73.1. The van der Waals surface area contributed by atoms with Crippen molar-refractivity contribution in [2.45, 2.75) is 259 Å². The van der Waals surface area contributed by atoms with Gasteiger partial charge in [0.05, 0.1) is 0 Å². The molecule has 12 nitrogen and oxygen atoms in total. The lowest BCUT2D eigenvalue weighted by molar-refractivity contribution is 0.0964. The zero-order chi connectivity index (χ0) is 84.8. The molecule has 6 heterocycles. The van der Waals surface area contributed by atoms with E-state index in [0.29, 0.717) is 34.1 Å². The van der Waals surface area contributed by atoms with Gasteiger partial charge in [0.2, 0.25) is 27.2 Å². The quantitative estimate of drug-likeness (QED) is 0.0244. The Bertz CT molecular complexity index is 4950. The molecule has 0 saturated heterocycles. The molecule has 0 saturated carbocycles. The molecule has 4 atom stereocenters. The molecule has 124 heavy (non-hydrogen) atoms. The lowest BCUT2D eigenvalue weighted by Crippen LogP contribution is -2.53. The highest BCUT2D eigenvalue weighted by Crippen LogP contribution is 2.59. The predicted molar refractivity (Wildman–Crippen MR) is 502 cm³/mol. The van der Waals surface area contributed by atoms with Crippen molar-refractivity contribution >= 4 is 38.8 Å². The van der Waals surface area contributed by atoms with Gasteiger partial charge in [-0.05, 0) is 181 Å². The summed E-state index contributed by atoms with van der Waals surface area (Å²) in [5, 5.41) is 5.17. The minimum absolute atomic E-state index is 0.0771. The first kappa shape index (κ1) is 85.8. The maximum atomic E-state index is 7.35. The molecule has 0 N–H and O–H groups in total. The number of hydrogen-bond donors (Lipinski definition) is 0. The van der Waals surface area contributed by atoms with Gasteiger partial charge in [-0.3, -0.25) is 9.80 Å². The van der Waals surface area contributed by atoms with Crippen LogP contribution in [-0.2, 0) is 26.2 Å². The molecule has 0 spiro atoms. The average molecular weight is 1690 g/mol. The fraction of sp³-hybridized carbons (Fsp3) is 0.418. The van der Waals surface area contributed by atoms with Gasteiger partial charge >= 0.3 is 18.1 Å². The molecule has 6 aliphatic heterocycles. The van der Waals surface area contributed by atoms with Crippen molar-refractivity contribution in [3.63, 3.8) is 0 Å². The van der Waals surface area contributed by atoms with Crippen molar-refractivity contribution in [2.24, 2.45) is 0 Å². The third-order valence-electron chi connectivity index (χ3n) is 26.7. The van der Waals surface area contributed by atoms with Crippen molar-refractivity contribution in [2.75, 3.05) is 40.3 Å². The monoisotopic (exact) mass is 1690 g/mol. The van der Waals surface area contributed by atoms with E-state index in [1.807, 2.05) is 0 Å². The second kappa shape index (κ2) is 40.8. The first-order valence-electron chi connectivity index (χ1n) is 47.0. The number of fused-ring (bicyclic) bond motifs is 4. The minimum atomic E-state index is -1.72. The summed E-state index contributed by atoms with van der Waals surface area (Å²) in [6, 6.07) is 62.7. The van der Waals surface area contributed by atoms with Crippen LogP contribution in [0.2, 0.25) is 0 Å². The Morgan fingerprint density at radius 2 is 0.540 bits per heavy atom. The van der Waals surface area contributed by atoms with Gasteiger partial charge < -0.3 is 46.7 Å². The van der Waals surface area contributed by atoms with E-state index in [1.165, 1.54) is 43.0 Å². The fourth-order valence-corrected chi connectivity index (χ4v) is 24.8. The molecule has 2 radical (unpaired) electrons. The van der Waals surface area contributed by atoms with Crippen molar-refractivity contribution in [3.8, 4) is 81.2 Å². The maximum Gasteiger partial charge on any atom is 0.353 e. The number of ether oxygens (including phenoxy) is 8. The molecule has 0 aromatic heterocycles. The van der Waals surface area contributed by atoms with Crippen LogP contribution in [0.3, 0.4) is 0 Å². The lowest BCUT2D eigenvalue weighted by atomic mass is 9.74. The Balaban J connectivity index is 0.847. The van der Waals surface area contributed by atoms with Gasteiger partial charge in [0.25, 0.3) is 0 Å². The third kappa shape index (κ3) is 18.5. The molecule has 0 amide bonds. The SMILES string of the molecule is CCCCCCC1c2cc3c4c(C)c2OCOc2c1cc1c(c2C#Cc2ccc(O[Si]5c6ccccc6CN(CCCC)Cc6ccccc65)cc2)OCOc2c(cc5c(c2C)OCOc2c(cc(c(c2C#Cc2ccc(O[Si]6c7ccccc7CN(CCCC)Cc7ccccc76)cc2)OCO4)C3CCCCCC)C5CCCCCC)C1CCCCCC. The van der Waals surface area contributed by atoms with Crippen LogP contribution in [0.5, 0.6) is 57.5 Å². The van der Waals surface area contributed by atoms with Crippen molar-refractivity contribution in [1.29, 1.82) is 0 Å². The molecule has 0 fully saturated rings. The van der Waals surface area contributed by atoms with E-state index in [4.69, 9.17) is 46.7 Å². The van der Waals surface area contributed by atoms with Crippen LogP contribution in [0, 0.1) is 37.5 Å². The largest absolute Gasteiger partial charge is 0.533 e. The zero-order valence-electron chi connectivity index (χ0n) is 74.5. The number of rotatable bonds is 30. The van der Waals surface area contributed by atoms with E-state index in [1.54, 1.807) is 0 Å². The van der Waals surface area contributed by atoms with Crippen LogP contribution in [0.25, 0.3) is 0 Å². The van der Waals surface area contributed by atoms with Crippen LogP contribution in [-0.4, -0.2) is 68.1 Å². The Kier molecular flexibility index (Phi) is 28.2. The molecular weight excluding hydrogens is 1570 g/mol. The van der Waals surface area contributed by atoms with Crippen molar-refractivity contribution in [3.05, 3.63) is 270 Å². The molecule has 4 unspecified atom stereocenters. The molecule has 17 rings (SSSR count). The summed E-state index contributed by atoms with van der Waals surface area (Å²) in [4.78, 5) is 5.21. The molecule has 10 aromatic rings. The Morgan fingerprint density at radius 1 is 0.290 bits per heavy atom. The Hall–Kier alpha value is -10.3. The van der Waals surface area contributed by atoms with Gasteiger partial charge in [-0.2, -0.15) is 0 Å². The van der Waals surface area contributed by atoms with Crippen LogP contribution in [0.15, 0.2) is 170 Å². The van der Waals surface area contributed by atoms with Crippen molar-refractivity contribution in [1.82, 2.24) is 9.80 Å². The third-order valence-corrected chi connectivity index (χ3v) is 31.5. The summed E-state index contributed by atoms with van der Waals surface area (Å²) >= 11 is 0. The van der Waals surface area contributed by atoms with Crippen LogP contribution in [0.4, 0.5) is 0 Å². The van der Waals surface area contributed by atoms with E-state index in [-0.39, 0.29) is 50.8 Å². The van der Waals surface area contributed by atoms with Gasteiger partial charge in [0.15, 0.2) is 0 Å². The van der Waals surface area contributed by atoms with E-state index in [2.05, 4.69) is 259 Å². The molecule has 642 valence electrons. The summed E-state index contributed by atoms with van der Waals surface area (Å²) in [7, 11) is -3.44. The topological polar surface area (TPSA) is 98.8 Å². The molecule has 7 aliphatic rings. The minimum Gasteiger partial charge on any atom is -0.533 e. The van der Waals surface area contributed by atoms with Crippen LogP contribution >= 0.6 is 0 Å². The number of benzene rings is 10. The number of nitrogens with zero attached hydrogens (tertiary/aromatic N) is 2. The van der Waals surface area contributed by atoms with Gasteiger partial charge in [-0.15, -0.1) is 0 Å². The molecule has 1 aliphatic carbocycles. The van der Waals surface area contributed by atoms with E-state index < -0.39 is 18.1 Å². The Morgan fingerprint density at radius 3 is 0.806 bits per heavy atom. The molecule has 10 aromatic carbocycles. The highest BCUT2D eigenvalue weighted by atomic mass is 28.3. The lowest BCUT2D eigenvalue weighted by Gasteiger charge is -2.37. The van der Waals surface area contributed by atoms with Gasteiger partial charge in [0, 0.05) is 117 Å². The second-order valence-corrected chi connectivity index (χ2v) is 39.1. The first-order chi connectivity index (χ1) is 61.1. The zero-order valence-corrected chi connectivity index (χ0v) is 76.5. The standard InChI is InChI=1S/C110H124N2O10Si2/c1-9-15-21-25-41-85-91-63-92-86(42-26-22-16-10-2)97-66-98-88(44-28-24-18-12-4)94-64-93-87(43-27-23-17-11-3)96-65-95(85)107-89(59-53-77-49-55-83(56-50-77)121-123-99-45-33-29-37-79(99)67-111(61-19-13-5)68-80-38-30-34-46-100(80)123)108(96)118-73-115-105(93)76(8)106(94)116-74-120-110(98)90(109(97)119-72-114-104(92)75(7)103(91)113-71-117-107)60-54-78-51-57-84(58-52-78)122-124-101-47-35-31-39-81(101)69-112(62-20-14-6)70-82-40-32-36-48-102(82)124/h29-40,45-52,55-58,63-66,85-88H,9-28,41-44,61-62,67-74H2,1-8H3. The van der Waals surface area contributed by atoms with E-state index in [0.717, 1.165) is 295 Å². The highest BCUT2D eigenvalue weighted by molar-refractivity contribution is 6.82. The summed E-state index contributed by atoms with van der Waals surface area (Å²) in [6.45, 7) is 23.5. The normalized spacial score (nSPS) is 17.2. The smallest absolute Gasteiger partial charge is 0.353 e. The second-order valence-electron chi connectivity index (χ2n) is 35.3. The van der Waals surface area contributed by atoms with Crippen LogP contribution in [0.1, 0.15) is 319 Å². The maximum absolute atomic E-state index is 7.35. The summed E-state index contributed by atoms with van der Waals surface area (Å²) in [5.74, 6) is 21.9.